The van der Waals surface area contributed by atoms with Crippen LogP contribution in [0, 0.1) is 0 Å². The first kappa shape index (κ1) is 11.9. The first-order valence-corrected chi connectivity index (χ1v) is 6.05. The molecule has 0 aliphatic rings. The number of fused-ring (bicyclic) bond motifs is 1. The fourth-order valence-electron chi connectivity index (χ4n) is 1.77. The van der Waals surface area contributed by atoms with E-state index in [4.69, 9.17) is 11.6 Å². The molecule has 0 aliphatic heterocycles. The van der Waals surface area contributed by atoms with Crippen molar-refractivity contribution in [2.45, 2.75) is 19.4 Å². The SMILES string of the molecule is O=c1[nH]c2ccccc2c(=O)n1CCCCCl. The van der Waals surface area contributed by atoms with Crippen molar-refractivity contribution in [3.05, 3.63) is 45.1 Å². The van der Waals surface area contributed by atoms with Crippen LogP contribution < -0.4 is 11.2 Å². The highest BCUT2D eigenvalue weighted by molar-refractivity contribution is 6.17. The lowest BCUT2D eigenvalue weighted by molar-refractivity contribution is 0.591. The van der Waals surface area contributed by atoms with Gasteiger partial charge in [-0.15, -0.1) is 11.6 Å². The van der Waals surface area contributed by atoms with Crippen molar-refractivity contribution in [3.63, 3.8) is 0 Å². The number of hydrogen-bond donors (Lipinski definition) is 1. The summed E-state index contributed by atoms with van der Waals surface area (Å²) in [6.45, 7) is 0.408. The molecule has 90 valence electrons. The second-order valence-electron chi connectivity index (χ2n) is 3.83. The molecular weight excluding hydrogens is 240 g/mol. The molecule has 0 atom stereocenters. The third kappa shape index (κ3) is 2.42. The molecule has 0 radical (unpaired) electrons. The monoisotopic (exact) mass is 252 g/mol. The molecule has 2 aromatic rings. The van der Waals surface area contributed by atoms with Crippen molar-refractivity contribution in [3.8, 4) is 0 Å². The Kier molecular flexibility index (Phi) is 3.64. The average Bonchev–Trinajstić information content (AvgIpc) is 2.33. The average molecular weight is 253 g/mol. The molecule has 1 N–H and O–H groups in total. The number of unbranched alkanes of at least 4 members (excludes halogenated alkanes) is 1. The summed E-state index contributed by atoms with van der Waals surface area (Å²) in [5, 5.41) is 0.540. The van der Waals surface area contributed by atoms with Crippen LogP contribution in [0.3, 0.4) is 0 Å². The molecule has 0 saturated carbocycles. The smallest absolute Gasteiger partial charge is 0.307 e. The Labute approximate surface area is 103 Å². The predicted octanol–water partition coefficient (Wildman–Crippen LogP) is 1.71. The minimum Gasteiger partial charge on any atom is -0.307 e. The van der Waals surface area contributed by atoms with Crippen LogP contribution in [0.5, 0.6) is 0 Å². The van der Waals surface area contributed by atoms with E-state index in [0.717, 1.165) is 12.8 Å². The van der Waals surface area contributed by atoms with Crippen molar-refractivity contribution in [1.82, 2.24) is 9.55 Å². The van der Waals surface area contributed by atoms with Crippen LogP contribution in [-0.4, -0.2) is 15.4 Å². The molecule has 0 fully saturated rings. The van der Waals surface area contributed by atoms with Crippen molar-refractivity contribution in [2.24, 2.45) is 0 Å². The normalized spacial score (nSPS) is 10.9. The summed E-state index contributed by atoms with van der Waals surface area (Å²) >= 11 is 5.57. The van der Waals surface area contributed by atoms with Crippen LogP contribution in [0.2, 0.25) is 0 Å². The number of alkyl halides is 1. The van der Waals surface area contributed by atoms with E-state index < -0.39 is 0 Å². The Morgan fingerprint density at radius 3 is 2.71 bits per heavy atom. The molecule has 17 heavy (non-hydrogen) atoms. The highest BCUT2D eigenvalue weighted by Gasteiger charge is 2.05. The van der Waals surface area contributed by atoms with Gasteiger partial charge in [-0.25, -0.2) is 4.79 Å². The van der Waals surface area contributed by atoms with Crippen LogP contribution in [0.4, 0.5) is 0 Å². The van der Waals surface area contributed by atoms with Crippen LogP contribution in [0.15, 0.2) is 33.9 Å². The number of halogens is 1. The molecule has 0 unspecified atom stereocenters. The van der Waals surface area contributed by atoms with Crippen molar-refractivity contribution >= 4 is 22.5 Å². The van der Waals surface area contributed by atoms with Gasteiger partial charge in [-0.05, 0) is 25.0 Å². The summed E-state index contributed by atoms with van der Waals surface area (Å²) in [5.41, 5.74) is -0.0155. The number of aromatic nitrogens is 2. The highest BCUT2D eigenvalue weighted by atomic mass is 35.5. The zero-order valence-electron chi connectivity index (χ0n) is 9.28. The van der Waals surface area contributed by atoms with Gasteiger partial charge in [0, 0.05) is 12.4 Å². The lowest BCUT2D eigenvalue weighted by Gasteiger charge is -2.05. The minimum absolute atomic E-state index is 0.237. The van der Waals surface area contributed by atoms with Gasteiger partial charge >= 0.3 is 5.69 Å². The van der Waals surface area contributed by atoms with Crippen LogP contribution >= 0.6 is 11.6 Å². The zero-order chi connectivity index (χ0) is 12.3. The molecule has 5 heteroatoms. The Balaban J connectivity index is 2.49. The Bertz CT molecular complexity index is 630. The Hall–Kier alpha value is -1.55. The van der Waals surface area contributed by atoms with E-state index in [1.54, 1.807) is 24.3 Å². The number of nitrogens with zero attached hydrogens (tertiary/aromatic N) is 1. The van der Waals surface area contributed by atoms with Gasteiger partial charge in [-0.1, -0.05) is 12.1 Å². The molecule has 1 heterocycles. The predicted molar refractivity (Wildman–Crippen MR) is 68.8 cm³/mol. The molecule has 0 bridgehead atoms. The van der Waals surface area contributed by atoms with Gasteiger partial charge in [0.2, 0.25) is 0 Å². The first-order valence-electron chi connectivity index (χ1n) is 5.52. The topological polar surface area (TPSA) is 54.9 Å². The molecule has 0 saturated heterocycles. The van der Waals surface area contributed by atoms with Crippen molar-refractivity contribution in [2.75, 3.05) is 5.88 Å². The molecular formula is C12H13ClN2O2. The fourth-order valence-corrected chi connectivity index (χ4v) is 1.96. The van der Waals surface area contributed by atoms with Crippen LogP contribution in [-0.2, 0) is 6.54 Å². The van der Waals surface area contributed by atoms with Crippen molar-refractivity contribution < 1.29 is 0 Å². The number of rotatable bonds is 4. The maximum atomic E-state index is 12.1. The maximum absolute atomic E-state index is 12.1. The standard InChI is InChI=1S/C12H13ClN2O2/c13-7-3-4-8-15-11(16)9-5-1-2-6-10(9)14-12(15)17/h1-2,5-6H,3-4,7-8H2,(H,14,17). The second kappa shape index (κ2) is 5.19. The number of H-pyrrole nitrogens is 1. The molecule has 2 rings (SSSR count). The molecule has 0 amide bonds. The van der Waals surface area contributed by atoms with Gasteiger partial charge in [-0.2, -0.15) is 0 Å². The first-order chi connectivity index (χ1) is 8.24. The largest absolute Gasteiger partial charge is 0.328 e. The van der Waals surface area contributed by atoms with E-state index in [1.165, 1.54) is 4.57 Å². The number of hydrogen-bond acceptors (Lipinski definition) is 2. The van der Waals surface area contributed by atoms with Gasteiger partial charge in [0.05, 0.1) is 10.9 Å². The third-order valence-corrected chi connectivity index (χ3v) is 2.92. The van der Waals surface area contributed by atoms with E-state index >= 15 is 0 Å². The Morgan fingerprint density at radius 2 is 1.94 bits per heavy atom. The molecule has 1 aromatic carbocycles. The van der Waals surface area contributed by atoms with E-state index in [9.17, 15) is 9.59 Å². The van der Waals surface area contributed by atoms with Gasteiger partial charge in [0.25, 0.3) is 5.56 Å². The summed E-state index contributed by atoms with van der Waals surface area (Å²) in [4.78, 5) is 26.5. The fraction of sp³-hybridized carbons (Fsp3) is 0.333. The lowest BCUT2D eigenvalue weighted by atomic mass is 10.2. The van der Waals surface area contributed by atoms with Gasteiger partial charge in [0.1, 0.15) is 0 Å². The molecule has 1 aromatic heterocycles. The second-order valence-corrected chi connectivity index (χ2v) is 4.21. The van der Waals surface area contributed by atoms with E-state index in [2.05, 4.69) is 4.98 Å². The van der Waals surface area contributed by atoms with Crippen molar-refractivity contribution in [1.29, 1.82) is 0 Å². The molecule has 0 spiro atoms. The number of benzene rings is 1. The van der Waals surface area contributed by atoms with Crippen LogP contribution in [0.1, 0.15) is 12.8 Å². The molecule has 4 nitrogen and oxygen atoms in total. The molecule has 0 aliphatic carbocycles. The van der Waals surface area contributed by atoms with Gasteiger partial charge in [-0.3, -0.25) is 9.36 Å². The lowest BCUT2D eigenvalue weighted by Crippen LogP contribution is -2.35. The number of nitrogens with one attached hydrogen (secondary N) is 1. The number of para-hydroxylation sites is 1. The summed E-state index contributed by atoms with van der Waals surface area (Å²) in [7, 11) is 0. The number of aromatic amines is 1. The minimum atomic E-state index is -0.358. The zero-order valence-corrected chi connectivity index (χ0v) is 10.0. The van der Waals surface area contributed by atoms with E-state index in [-0.39, 0.29) is 11.2 Å². The summed E-state index contributed by atoms with van der Waals surface area (Å²) in [6, 6.07) is 7.01. The van der Waals surface area contributed by atoms with Gasteiger partial charge in [0.15, 0.2) is 0 Å². The van der Waals surface area contributed by atoms with Gasteiger partial charge < -0.3 is 4.98 Å². The Morgan fingerprint density at radius 1 is 1.18 bits per heavy atom. The van der Waals surface area contributed by atoms with E-state index in [1.807, 2.05) is 0 Å². The summed E-state index contributed by atoms with van der Waals surface area (Å²) in [5.74, 6) is 0.542. The highest BCUT2D eigenvalue weighted by Crippen LogP contribution is 2.03. The van der Waals surface area contributed by atoms with Crippen LogP contribution in [0.25, 0.3) is 10.9 Å². The summed E-state index contributed by atoms with van der Waals surface area (Å²) in [6.07, 6.45) is 1.52. The summed E-state index contributed by atoms with van der Waals surface area (Å²) < 4.78 is 1.23. The third-order valence-electron chi connectivity index (χ3n) is 2.65. The maximum Gasteiger partial charge on any atom is 0.328 e. The quantitative estimate of drug-likeness (QED) is 0.665. The van der Waals surface area contributed by atoms with E-state index in [0.29, 0.717) is 23.3 Å².